The predicted molar refractivity (Wildman–Crippen MR) is 128 cm³/mol. The van der Waals surface area contributed by atoms with E-state index in [1.54, 1.807) is 36.5 Å². The molecular weight excluding hydrogens is 477 g/mol. The van der Waals surface area contributed by atoms with Crippen LogP contribution in [0.3, 0.4) is 0 Å². The van der Waals surface area contributed by atoms with Crippen molar-refractivity contribution in [2.24, 2.45) is 0 Å². The molecule has 3 heterocycles. The fourth-order valence-corrected chi connectivity index (χ4v) is 4.95. The Morgan fingerprint density at radius 1 is 1.19 bits per heavy atom. The number of carbonyl (C=O) groups excluding carboxylic acids is 1. The third-order valence-electron chi connectivity index (χ3n) is 4.45. The second-order valence-electron chi connectivity index (χ2n) is 6.89. The summed E-state index contributed by atoms with van der Waals surface area (Å²) in [7, 11) is 0. The maximum atomic E-state index is 13.2. The summed E-state index contributed by atoms with van der Waals surface area (Å²) in [5, 5.41) is 0.709. The molecular formula is C21H15Cl2N3O3S2. The lowest BCUT2D eigenvalue weighted by atomic mass is 10.2. The van der Waals surface area contributed by atoms with Gasteiger partial charge in [0.1, 0.15) is 21.3 Å². The second kappa shape index (κ2) is 8.63. The van der Waals surface area contributed by atoms with Crippen molar-refractivity contribution in [2.45, 2.75) is 19.9 Å². The molecule has 31 heavy (non-hydrogen) atoms. The number of ether oxygens (including phenoxy) is 1. The van der Waals surface area contributed by atoms with Gasteiger partial charge in [0, 0.05) is 17.3 Å². The molecule has 3 aromatic rings. The quantitative estimate of drug-likeness (QED) is 0.359. The van der Waals surface area contributed by atoms with Crippen molar-refractivity contribution in [2.75, 3.05) is 0 Å². The Balaban J connectivity index is 1.88. The van der Waals surface area contributed by atoms with E-state index >= 15 is 0 Å². The molecule has 4 rings (SSSR count). The highest BCUT2D eigenvalue weighted by molar-refractivity contribution is 8.26. The number of thiocarbonyl (C=S) groups is 1. The zero-order valence-electron chi connectivity index (χ0n) is 16.3. The largest absolute Gasteiger partial charge is 0.437 e. The number of fused-ring (bicyclic) bond motifs is 1. The molecule has 1 aliphatic heterocycles. The van der Waals surface area contributed by atoms with Gasteiger partial charge >= 0.3 is 0 Å². The Morgan fingerprint density at radius 3 is 2.65 bits per heavy atom. The predicted octanol–water partition coefficient (Wildman–Crippen LogP) is 5.40. The van der Waals surface area contributed by atoms with Crippen LogP contribution < -0.4 is 10.3 Å². The number of pyridine rings is 1. The molecule has 158 valence electrons. The molecule has 2 aromatic heterocycles. The Kier molecular flexibility index (Phi) is 6.07. The van der Waals surface area contributed by atoms with Crippen LogP contribution >= 0.6 is 47.2 Å². The molecule has 1 aromatic carbocycles. The molecule has 0 radical (unpaired) electrons. The first-order valence-corrected chi connectivity index (χ1v) is 11.2. The lowest BCUT2D eigenvalue weighted by Crippen LogP contribution is -2.34. The van der Waals surface area contributed by atoms with Crippen LogP contribution in [0.25, 0.3) is 11.7 Å². The summed E-state index contributed by atoms with van der Waals surface area (Å²) in [6.45, 7) is 3.74. The minimum absolute atomic E-state index is 0.0234. The van der Waals surface area contributed by atoms with Gasteiger partial charge in [0.25, 0.3) is 11.5 Å². The standard InChI is InChI=1S/C21H15Cl2N3O3S2/c1-11(2)26-20(28)16(31-21(26)30)10-13-18(29-15-7-6-12(22)9-14(15)23)24-17-5-3-4-8-25(17)19(13)27/h3-11H,1-2H3. The Labute approximate surface area is 197 Å². The smallest absolute Gasteiger partial charge is 0.269 e. The lowest BCUT2D eigenvalue weighted by Gasteiger charge is -2.18. The molecule has 0 bridgehead atoms. The highest BCUT2D eigenvalue weighted by Crippen LogP contribution is 2.36. The third kappa shape index (κ3) is 4.21. The van der Waals surface area contributed by atoms with E-state index in [9.17, 15) is 9.59 Å². The highest BCUT2D eigenvalue weighted by Gasteiger charge is 2.34. The van der Waals surface area contributed by atoms with Gasteiger partial charge in [-0.25, -0.2) is 0 Å². The van der Waals surface area contributed by atoms with Gasteiger partial charge in [0.2, 0.25) is 5.88 Å². The number of carbonyl (C=O) groups is 1. The summed E-state index contributed by atoms with van der Waals surface area (Å²) >= 11 is 18.7. The van der Waals surface area contributed by atoms with Crippen molar-refractivity contribution in [3.63, 3.8) is 0 Å². The first-order chi connectivity index (χ1) is 14.8. The number of rotatable bonds is 4. The Hall–Kier alpha value is -2.39. The van der Waals surface area contributed by atoms with E-state index in [4.69, 9.17) is 40.2 Å². The van der Waals surface area contributed by atoms with E-state index in [2.05, 4.69) is 4.98 Å². The fraction of sp³-hybridized carbons (Fsp3) is 0.143. The Morgan fingerprint density at radius 2 is 1.97 bits per heavy atom. The van der Waals surface area contributed by atoms with E-state index < -0.39 is 0 Å². The number of hydrogen-bond donors (Lipinski definition) is 0. The number of hydrogen-bond acceptors (Lipinski definition) is 6. The molecule has 10 heteroatoms. The molecule has 0 N–H and O–H groups in total. The second-order valence-corrected chi connectivity index (χ2v) is 9.41. The Bertz CT molecular complexity index is 1320. The zero-order valence-corrected chi connectivity index (χ0v) is 19.5. The van der Waals surface area contributed by atoms with Crippen LogP contribution in [0.15, 0.2) is 52.3 Å². The van der Waals surface area contributed by atoms with Crippen molar-refractivity contribution in [3.8, 4) is 11.6 Å². The van der Waals surface area contributed by atoms with Gasteiger partial charge in [-0.2, -0.15) is 4.98 Å². The van der Waals surface area contributed by atoms with Crippen molar-refractivity contribution < 1.29 is 9.53 Å². The number of amides is 1. The van der Waals surface area contributed by atoms with Crippen LogP contribution in [0.4, 0.5) is 0 Å². The molecule has 0 aliphatic carbocycles. The van der Waals surface area contributed by atoms with Crippen LogP contribution in [0.1, 0.15) is 19.4 Å². The summed E-state index contributed by atoms with van der Waals surface area (Å²) in [4.78, 5) is 32.4. The van der Waals surface area contributed by atoms with Crippen LogP contribution in [0.5, 0.6) is 11.6 Å². The topological polar surface area (TPSA) is 63.9 Å². The van der Waals surface area contributed by atoms with Gasteiger partial charge in [0.05, 0.1) is 9.93 Å². The monoisotopic (exact) mass is 491 g/mol. The third-order valence-corrected chi connectivity index (χ3v) is 6.31. The summed E-state index contributed by atoms with van der Waals surface area (Å²) in [5.41, 5.74) is 0.110. The van der Waals surface area contributed by atoms with E-state index in [0.29, 0.717) is 19.9 Å². The minimum atomic E-state index is -0.388. The molecule has 1 aliphatic rings. The highest BCUT2D eigenvalue weighted by atomic mass is 35.5. The molecule has 1 saturated heterocycles. The summed E-state index contributed by atoms with van der Waals surface area (Å²) in [6, 6.07) is 9.78. The van der Waals surface area contributed by atoms with E-state index in [0.717, 1.165) is 11.8 Å². The average molecular weight is 492 g/mol. The maximum absolute atomic E-state index is 13.2. The molecule has 0 spiro atoms. The fourth-order valence-electron chi connectivity index (χ4n) is 3.00. The van der Waals surface area contributed by atoms with Crippen molar-refractivity contribution in [1.82, 2.24) is 14.3 Å². The van der Waals surface area contributed by atoms with Gasteiger partial charge in [-0.1, -0.05) is 53.2 Å². The summed E-state index contributed by atoms with van der Waals surface area (Å²) in [6.07, 6.45) is 3.07. The lowest BCUT2D eigenvalue weighted by molar-refractivity contribution is -0.123. The number of halogens is 2. The first kappa shape index (κ1) is 21.8. The van der Waals surface area contributed by atoms with E-state index in [-0.39, 0.29) is 39.7 Å². The molecule has 0 saturated carbocycles. The molecule has 1 amide bonds. The first-order valence-electron chi connectivity index (χ1n) is 9.17. The molecule has 6 nitrogen and oxygen atoms in total. The molecule has 0 unspecified atom stereocenters. The maximum Gasteiger partial charge on any atom is 0.269 e. The average Bonchev–Trinajstić information content (AvgIpc) is 3.00. The number of benzene rings is 1. The van der Waals surface area contributed by atoms with Crippen LogP contribution in [-0.2, 0) is 4.79 Å². The van der Waals surface area contributed by atoms with Gasteiger partial charge in [-0.3, -0.25) is 18.9 Å². The van der Waals surface area contributed by atoms with Crippen molar-refractivity contribution in [3.05, 3.63) is 73.5 Å². The molecule has 0 atom stereocenters. The van der Waals surface area contributed by atoms with Crippen LogP contribution in [-0.4, -0.2) is 30.6 Å². The zero-order chi connectivity index (χ0) is 22.3. The number of nitrogens with zero attached hydrogens (tertiary/aromatic N) is 3. The summed E-state index contributed by atoms with van der Waals surface area (Å²) in [5.74, 6) is 0.0379. The van der Waals surface area contributed by atoms with E-state index in [1.807, 2.05) is 13.8 Å². The van der Waals surface area contributed by atoms with Crippen LogP contribution in [0.2, 0.25) is 10.0 Å². The van der Waals surface area contributed by atoms with Gasteiger partial charge in [-0.05, 0) is 50.3 Å². The van der Waals surface area contributed by atoms with E-state index in [1.165, 1.54) is 21.4 Å². The van der Waals surface area contributed by atoms with Crippen molar-refractivity contribution >= 4 is 69.1 Å². The minimum Gasteiger partial charge on any atom is -0.437 e. The number of thioether (sulfide) groups is 1. The van der Waals surface area contributed by atoms with Gasteiger partial charge in [-0.15, -0.1) is 0 Å². The normalized spacial score (nSPS) is 15.5. The van der Waals surface area contributed by atoms with Gasteiger partial charge < -0.3 is 4.74 Å². The van der Waals surface area contributed by atoms with Crippen molar-refractivity contribution in [1.29, 1.82) is 0 Å². The van der Waals surface area contributed by atoms with Crippen LogP contribution in [0, 0.1) is 0 Å². The molecule has 1 fully saturated rings. The number of aromatic nitrogens is 2. The SMILES string of the molecule is CC(C)N1C(=O)C(=Cc2c(Oc3ccc(Cl)cc3Cl)nc3ccccn3c2=O)SC1=S. The van der Waals surface area contributed by atoms with Gasteiger partial charge in [0.15, 0.2) is 0 Å². The summed E-state index contributed by atoms with van der Waals surface area (Å²) < 4.78 is 7.72.